The zero-order valence-electron chi connectivity index (χ0n) is 29.3. The van der Waals surface area contributed by atoms with E-state index in [9.17, 15) is 36.6 Å². The molecule has 52 heavy (non-hydrogen) atoms. The number of amides is 1. The Balaban J connectivity index is 1.07. The molecule has 6 aliphatic rings. The molecule has 4 bridgehead atoms. The second kappa shape index (κ2) is 12.7. The number of fused-ring (bicyclic) bond motifs is 1. The van der Waals surface area contributed by atoms with Crippen molar-refractivity contribution in [3.63, 3.8) is 0 Å². The van der Waals surface area contributed by atoms with Crippen LogP contribution in [0.2, 0.25) is 0 Å². The van der Waals surface area contributed by atoms with Crippen molar-refractivity contribution >= 4 is 22.8 Å². The average molecular weight is 730 g/mol. The molecule has 5 aliphatic carbocycles. The molecule has 1 aliphatic heterocycles. The molecule has 2 aromatic heterocycles. The molecule has 0 radical (unpaired) electrons. The van der Waals surface area contributed by atoms with E-state index >= 15 is 0 Å². The molecule has 0 unspecified atom stereocenters. The number of benzene rings is 1. The van der Waals surface area contributed by atoms with E-state index < -0.39 is 40.8 Å². The Morgan fingerprint density at radius 1 is 1.04 bits per heavy atom. The molecule has 3 heterocycles. The zero-order chi connectivity index (χ0) is 36.7. The Hall–Kier alpha value is -3.81. The van der Waals surface area contributed by atoms with Crippen LogP contribution in [0.1, 0.15) is 100 Å². The lowest BCUT2D eigenvalue weighted by atomic mass is 9.48. The predicted octanol–water partition coefficient (Wildman–Crippen LogP) is 7.74. The van der Waals surface area contributed by atoms with Crippen molar-refractivity contribution in [3.05, 3.63) is 41.9 Å². The fourth-order valence-corrected chi connectivity index (χ4v) is 10.3. The monoisotopic (exact) mass is 729 g/mol. The molecule has 0 spiro atoms. The molecule has 14 heteroatoms. The number of rotatable bonds is 9. The normalized spacial score (nSPS) is 31.7. The average Bonchev–Trinajstić information content (AvgIpc) is 3.46. The van der Waals surface area contributed by atoms with Crippen molar-refractivity contribution in [1.82, 2.24) is 24.8 Å². The summed E-state index contributed by atoms with van der Waals surface area (Å²) in [4.78, 5) is 36.6. The number of hydrogen-bond donors (Lipinski definition) is 2. The second-order valence-electron chi connectivity index (χ2n) is 16.1. The first-order valence-corrected chi connectivity index (χ1v) is 18.6. The highest BCUT2D eigenvalue weighted by molar-refractivity contribution is 6.00. The van der Waals surface area contributed by atoms with Crippen molar-refractivity contribution in [1.29, 1.82) is 0 Å². The summed E-state index contributed by atoms with van der Waals surface area (Å²) in [6.45, 7) is 3.62. The van der Waals surface area contributed by atoms with Crippen molar-refractivity contribution in [2.75, 3.05) is 13.1 Å². The van der Waals surface area contributed by atoms with Crippen LogP contribution in [-0.2, 0) is 11.0 Å². The van der Waals surface area contributed by atoms with E-state index in [2.05, 4.69) is 15.3 Å². The molecule has 1 aromatic carbocycles. The molecule has 2 N–H and O–H groups in total. The summed E-state index contributed by atoms with van der Waals surface area (Å²) >= 11 is 0. The number of halogens is 5. The van der Waals surface area contributed by atoms with Crippen LogP contribution >= 0.6 is 0 Å². The van der Waals surface area contributed by atoms with E-state index in [1.54, 1.807) is 18.3 Å². The number of nitrogens with one attached hydrogen (secondary N) is 1. The molecule has 1 atom stereocenters. The van der Waals surface area contributed by atoms with Gasteiger partial charge in [0.25, 0.3) is 11.8 Å². The Morgan fingerprint density at radius 2 is 1.69 bits per heavy atom. The number of carbonyl (C=O) groups is 2. The highest BCUT2D eigenvalue weighted by atomic mass is 19.4. The van der Waals surface area contributed by atoms with Gasteiger partial charge in [-0.1, -0.05) is 6.92 Å². The van der Waals surface area contributed by atoms with Crippen molar-refractivity contribution < 1.29 is 41.4 Å². The van der Waals surface area contributed by atoms with Crippen molar-refractivity contribution in [3.8, 4) is 17.1 Å². The van der Waals surface area contributed by atoms with Crippen LogP contribution in [0, 0.1) is 23.7 Å². The van der Waals surface area contributed by atoms with E-state index in [4.69, 9.17) is 4.74 Å². The first kappa shape index (κ1) is 35.2. The Kier molecular flexibility index (Phi) is 8.58. The lowest BCUT2D eigenvalue weighted by molar-refractivity contribution is -0.163. The maximum atomic E-state index is 14.7. The summed E-state index contributed by atoms with van der Waals surface area (Å²) in [6, 6.07) is 5.49. The van der Waals surface area contributed by atoms with E-state index in [1.165, 1.54) is 0 Å². The quantitative estimate of drug-likeness (QED) is 0.217. The molecule has 280 valence electrons. The summed E-state index contributed by atoms with van der Waals surface area (Å²) in [5, 5.41) is 13.7. The van der Waals surface area contributed by atoms with Crippen molar-refractivity contribution in [2.45, 2.75) is 114 Å². The first-order chi connectivity index (χ1) is 24.6. The molecule has 1 amide bonds. The highest BCUT2D eigenvalue weighted by Gasteiger charge is 2.62. The van der Waals surface area contributed by atoms with Gasteiger partial charge in [-0.25, -0.2) is 23.5 Å². The van der Waals surface area contributed by atoms with E-state index in [0.29, 0.717) is 54.2 Å². The fraction of sp³-hybridized carbons (Fsp3) is 0.632. The summed E-state index contributed by atoms with van der Waals surface area (Å²) in [7, 11) is 0. The molecule has 5 saturated carbocycles. The van der Waals surface area contributed by atoms with Gasteiger partial charge in [0, 0.05) is 41.5 Å². The summed E-state index contributed by atoms with van der Waals surface area (Å²) < 4.78 is 79.1. The number of carboxylic acids is 1. The van der Waals surface area contributed by atoms with Gasteiger partial charge < -0.3 is 19.7 Å². The third-order valence-corrected chi connectivity index (χ3v) is 12.8. The zero-order valence-corrected chi connectivity index (χ0v) is 29.3. The summed E-state index contributed by atoms with van der Waals surface area (Å²) in [6.07, 6.45) is 4.80. The number of aliphatic carboxylic acids is 1. The van der Waals surface area contributed by atoms with Gasteiger partial charge in [-0.2, -0.15) is 13.2 Å². The second-order valence-corrected chi connectivity index (χ2v) is 16.1. The van der Waals surface area contributed by atoms with Gasteiger partial charge in [-0.3, -0.25) is 9.69 Å². The molecule has 9 rings (SSSR count). The fourth-order valence-electron chi connectivity index (χ4n) is 10.3. The minimum atomic E-state index is -5.02. The van der Waals surface area contributed by atoms with Gasteiger partial charge in [-0.05, 0) is 107 Å². The minimum Gasteiger partial charge on any atom is -0.490 e. The SMILES string of the molecule is CC[C@H](C)n1cc(-c2ncc(C(=O)NC3(C(=O)O)C4CC5CC(C4)CC3C5)c(C(F)(F)F)n2)c2ccc(O[C@H]3CC[C@H](N4CC(F)(F)C4)CC3)cc21. The van der Waals surface area contributed by atoms with Crippen LogP contribution in [0.15, 0.2) is 30.6 Å². The maximum Gasteiger partial charge on any atom is 0.434 e. The number of alkyl halides is 5. The molecule has 1 saturated heterocycles. The van der Waals surface area contributed by atoms with Crippen LogP contribution in [-0.4, -0.2) is 73.1 Å². The Labute approximate surface area is 298 Å². The lowest BCUT2D eigenvalue weighted by Gasteiger charge is -2.59. The van der Waals surface area contributed by atoms with Gasteiger partial charge in [0.2, 0.25) is 0 Å². The van der Waals surface area contributed by atoms with Gasteiger partial charge in [0.1, 0.15) is 11.3 Å². The molecule has 6 fully saturated rings. The van der Waals surface area contributed by atoms with Gasteiger partial charge >= 0.3 is 12.1 Å². The molecular weight excluding hydrogens is 685 g/mol. The molecular formula is C38H44F5N5O4. The number of aromatic nitrogens is 3. The van der Waals surface area contributed by atoms with E-state index in [-0.39, 0.29) is 48.9 Å². The van der Waals surface area contributed by atoms with Gasteiger partial charge in [0.15, 0.2) is 11.5 Å². The number of carbonyl (C=O) groups excluding carboxylic acids is 1. The third kappa shape index (κ3) is 6.02. The topological polar surface area (TPSA) is 110 Å². The highest BCUT2D eigenvalue weighted by Crippen LogP contribution is 2.58. The third-order valence-electron chi connectivity index (χ3n) is 12.8. The predicted molar refractivity (Wildman–Crippen MR) is 181 cm³/mol. The van der Waals surface area contributed by atoms with E-state index in [0.717, 1.165) is 50.2 Å². The van der Waals surface area contributed by atoms with Crippen LogP contribution in [0.25, 0.3) is 22.3 Å². The Bertz CT molecular complexity index is 1850. The standard InChI is InChI=1S/C38H44F5N5O4/c1-3-20(2)48-17-30(28-9-8-27(15-31(28)48)52-26-6-4-25(5-7-26)47-18-36(39,40)19-47)33-44-16-29(32(45-33)38(41,42)43)34(49)46-37(35(50)51)23-11-21-10-22(13-23)14-24(37)12-21/h8-9,15-17,20-26H,3-7,10-14,18-19H2,1-2H3,(H,46,49)(H,50,51)/t20-,21?,22?,23?,24?,25-,26-,37?/m0/s1. The lowest BCUT2D eigenvalue weighted by Crippen LogP contribution is -2.70. The number of carboxylic acid groups (broad SMARTS) is 1. The smallest absolute Gasteiger partial charge is 0.434 e. The first-order valence-electron chi connectivity index (χ1n) is 18.6. The van der Waals surface area contributed by atoms with Crippen molar-refractivity contribution in [2.24, 2.45) is 23.7 Å². The maximum absolute atomic E-state index is 14.7. The number of nitrogens with zero attached hydrogens (tertiary/aromatic N) is 4. The van der Waals surface area contributed by atoms with Crippen LogP contribution in [0.5, 0.6) is 5.75 Å². The molecule has 3 aromatic rings. The van der Waals surface area contributed by atoms with Gasteiger partial charge in [-0.15, -0.1) is 0 Å². The summed E-state index contributed by atoms with van der Waals surface area (Å²) in [5.74, 6) is -4.44. The number of hydrogen-bond acceptors (Lipinski definition) is 6. The summed E-state index contributed by atoms with van der Waals surface area (Å²) in [5.41, 5.74) is -2.76. The molecule has 9 nitrogen and oxygen atoms in total. The van der Waals surface area contributed by atoms with Gasteiger partial charge in [0.05, 0.1) is 30.3 Å². The van der Waals surface area contributed by atoms with Crippen LogP contribution in [0.4, 0.5) is 22.0 Å². The van der Waals surface area contributed by atoms with Crippen LogP contribution in [0.3, 0.4) is 0 Å². The largest absolute Gasteiger partial charge is 0.490 e. The number of likely N-dealkylation sites (tertiary alicyclic amines) is 1. The Morgan fingerprint density at radius 3 is 2.27 bits per heavy atom. The van der Waals surface area contributed by atoms with Crippen LogP contribution < -0.4 is 10.1 Å². The minimum absolute atomic E-state index is 0.0306. The number of ether oxygens (including phenoxy) is 1. The van der Waals surface area contributed by atoms with E-state index in [1.807, 2.05) is 29.4 Å².